The number of nitrogens with two attached hydrogens (primary N) is 2. The molecule has 0 radical (unpaired) electrons. The molecule has 3 rings (SSSR count). The van der Waals surface area contributed by atoms with Gasteiger partial charge in [-0.05, 0) is 75.3 Å². The Labute approximate surface area is 315 Å². The minimum atomic E-state index is -1.43. The van der Waals surface area contributed by atoms with Crippen molar-refractivity contribution in [2.45, 2.75) is 88.9 Å². The normalized spacial score (nSPS) is 16.9. The molecule has 2 aromatic rings. The molecule has 0 saturated carbocycles. The third-order valence-corrected chi connectivity index (χ3v) is 9.28. The third kappa shape index (κ3) is 11.4. The molecule has 1 aliphatic heterocycles. The zero-order chi connectivity index (χ0) is 39.7. The average molecular weight is 749 g/mol. The monoisotopic (exact) mass is 748 g/mol. The van der Waals surface area contributed by atoms with Crippen LogP contribution >= 0.6 is 0 Å². The topological polar surface area (TPSA) is 237 Å². The lowest BCUT2D eigenvalue weighted by Gasteiger charge is -2.35. The summed E-state index contributed by atoms with van der Waals surface area (Å²) in [5, 5.41) is 31.9. The SMILES string of the molecule is CCCCCC1(O)C(=NCCCCC(C(=O)O)N(C(=O)CN)C(=O)c2ccccc2)C=CN1CCCCC(C(=O)O)N(C(=O)CN)C(=O)c1ccccc1. The lowest BCUT2D eigenvalue weighted by Crippen LogP contribution is -2.51. The van der Waals surface area contributed by atoms with E-state index in [-0.39, 0.29) is 30.5 Å². The maximum Gasteiger partial charge on any atom is 0.326 e. The van der Waals surface area contributed by atoms with Crippen molar-refractivity contribution >= 4 is 41.3 Å². The summed E-state index contributed by atoms with van der Waals surface area (Å²) in [5.74, 6) is -5.75. The van der Waals surface area contributed by atoms with Gasteiger partial charge in [0, 0.05) is 36.8 Å². The number of hydrogen-bond acceptors (Lipinski definition) is 11. The number of carbonyl (C=O) groups is 6. The van der Waals surface area contributed by atoms with Gasteiger partial charge in [-0.25, -0.2) is 9.59 Å². The van der Waals surface area contributed by atoms with Crippen molar-refractivity contribution in [3.05, 3.63) is 84.1 Å². The highest BCUT2D eigenvalue weighted by Crippen LogP contribution is 2.29. The standard InChI is InChI=1S/C39H52N6O9/c1-2-3-12-22-39(54)32(42-23-13-10-19-30(37(50)51)44(33(46)26-40)35(48)28-15-6-4-7-16-28)21-25-43(39)24-14-11-20-31(38(52)53)45(34(47)27-41)36(49)29-17-8-5-9-18-29/h4-9,15-18,21,25,30-31,54H,2-3,10-14,19-20,22-24,26-27,40-41H2,1H3,(H,50,51)(H,52,53). The number of amides is 4. The number of hydrogen-bond donors (Lipinski definition) is 5. The van der Waals surface area contributed by atoms with Crippen molar-refractivity contribution < 1.29 is 44.1 Å². The van der Waals surface area contributed by atoms with Gasteiger partial charge in [0.15, 0.2) is 5.72 Å². The first kappa shape index (κ1) is 43.2. The molecule has 0 fully saturated rings. The Bertz CT molecular complexity index is 1650. The molecule has 15 nitrogen and oxygen atoms in total. The van der Waals surface area contributed by atoms with E-state index in [9.17, 15) is 44.1 Å². The summed E-state index contributed by atoms with van der Waals surface area (Å²) in [6.07, 6.45) is 7.77. The highest BCUT2D eigenvalue weighted by atomic mass is 16.4. The van der Waals surface area contributed by atoms with E-state index in [1.54, 1.807) is 53.6 Å². The quantitative estimate of drug-likeness (QED) is 0.109. The molecule has 0 saturated heterocycles. The number of carboxylic acids is 2. The summed E-state index contributed by atoms with van der Waals surface area (Å²) in [7, 11) is 0. The van der Waals surface area contributed by atoms with Gasteiger partial charge >= 0.3 is 11.9 Å². The molecule has 2 aromatic carbocycles. The summed E-state index contributed by atoms with van der Waals surface area (Å²) < 4.78 is 0. The lowest BCUT2D eigenvalue weighted by molar-refractivity contribution is -0.148. The minimum absolute atomic E-state index is 0.0180. The predicted octanol–water partition coefficient (Wildman–Crippen LogP) is 3.03. The Morgan fingerprint density at radius 1 is 0.722 bits per heavy atom. The van der Waals surface area contributed by atoms with Crippen LogP contribution in [0.1, 0.15) is 91.8 Å². The average Bonchev–Trinajstić information content (AvgIpc) is 3.48. The minimum Gasteiger partial charge on any atom is -0.480 e. The van der Waals surface area contributed by atoms with Crippen LogP contribution in [0.4, 0.5) is 0 Å². The smallest absolute Gasteiger partial charge is 0.326 e. The van der Waals surface area contributed by atoms with Crippen molar-refractivity contribution in [1.29, 1.82) is 0 Å². The van der Waals surface area contributed by atoms with Crippen molar-refractivity contribution in [1.82, 2.24) is 14.7 Å². The molecule has 3 atom stereocenters. The molecule has 7 N–H and O–H groups in total. The molecule has 54 heavy (non-hydrogen) atoms. The van der Waals surface area contributed by atoms with Crippen LogP contribution in [0.25, 0.3) is 0 Å². The number of carboxylic acid groups (broad SMARTS) is 2. The second-order valence-corrected chi connectivity index (χ2v) is 13.0. The van der Waals surface area contributed by atoms with Crippen LogP contribution in [0.3, 0.4) is 0 Å². The Balaban J connectivity index is 1.65. The molecule has 1 heterocycles. The van der Waals surface area contributed by atoms with Gasteiger partial charge in [-0.15, -0.1) is 0 Å². The molecule has 292 valence electrons. The Kier molecular flexibility index (Phi) is 17.1. The van der Waals surface area contributed by atoms with Crippen LogP contribution < -0.4 is 11.5 Å². The summed E-state index contributed by atoms with van der Waals surface area (Å²) in [6, 6.07) is 13.0. The molecule has 0 aromatic heterocycles. The first-order valence-electron chi connectivity index (χ1n) is 18.3. The van der Waals surface area contributed by atoms with Crippen molar-refractivity contribution in [3.8, 4) is 0 Å². The van der Waals surface area contributed by atoms with Gasteiger partial charge in [0.1, 0.15) is 12.1 Å². The molecule has 4 amide bonds. The first-order chi connectivity index (χ1) is 25.9. The Morgan fingerprint density at radius 3 is 1.65 bits per heavy atom. The Hall–Kier alpha value is -5.25. The molecule has 15 heteroatoms. The maximum absolute atomic E-state index is 13.2. The molecule has 3 unspecified atom stereocenters. The van der Waals surface area contributed by atoms with Crippen LogP contribution in [-0.2, 0) is 19.2 Å². The zero-order valence-corrected chi connectivity index (χ0v) is 30.7. The number of rotatable bonds is 22. The summed E-state index contributed by atoms with van der Waals surface area (Å²) >= 11 is 0. The zero-order valence-electron chi connectivity index (χ0n) is 30.7. The largest absolute Gasteiger partial charge is 0.480 e. The van der Waals surface area contributed by atoms with Gasteiger partial charge in [0.05, 0.1) is 18.8 Å². The summed E-state index contributed by atoms with van der Waals surface area (Å²) in [4.78, 5) is 84.0. The molecule has 0 aliphatic carbocycles. The van der Waals surface area contributed by atoms with Crippen molar-refractivity contribution in [2.75, 3.05) is 26.2 Å². The maximum atomic E-state index is 13.2. The van der Waals surface area contributed by atoms with E-state index < -0.39 is 66.5 Å². The summed E-state index contributed by atoms with van der Waals surface area (Å²) in [5.41, 5.74) is 10.4. The second kappa shape index (κ2) is 21.5. The van der Waals surface area contributed by atoms with Gasteiger partial charge in [-0.3, -0.25) is 34.0 Å². The number of aliphatic carboxylic acids is 2. The fourth-order valence-electron chi connectivity index (χ4n) is 6.38. The number of aliphatic imine (C=N–C) groups is 1. The third-order valence-electron chi connectivity index (χ3n) is 9.28. The van der Waals surface area contributed by atoms with Crippen molar-refractivity contribution in [3.63, 3.8) is 0 Å². The highest BCUT2D eigenvalue weighted by molar-refractivity contribution is 6.08. The van der Waals surface area contributed by atoms with Crippen molar-refractivity contribution in [2.24, 2.45) is 16.5 Å². The van der Waals surface area contributed by atoms with E-state index in [4.69, 9.17) is 11.5 Å². The molecular weight excluding hydrogens is 696 g/mol. The fraction of sp³-hybridized carbons (Fsp3) is 0.462. The first-order valence-corrected chi connectivity index (χ1v) is 18.3. The van der Waals surface area contributed by atoms with E-state index in [2.05, 4.69) is 4.99 Å². The van der Waals surface area contributed by atoms with Gasteiger partial charge in [-0.1, -0.05) is 56.2 Å². The van der Waals surface area contributed by atoms with E-state index in [0.717, 1.165) is 12.8 Å². The molecule has 0 bridgehead atoms. The highest BCUT2D eigenvalue weighted by Gasteiger charge is 2.41. The molecular formula is C39H52N6O9. The van der Waals surface area contributed by atoms with Crippen LogP contribution in [-0.4, -0.2) is 115 Å². The van der Waals surface area contributed by atoms with Crippen LogP contribution in [0.15, 0.2) is 77.9 Å². The summed E-state index contributed by atoms with van der Waals surface area (Å²) in [6.45, 7) is 1.56. The van der Waals surface area contributed by atoms with Crippen LogP contribution in [0, 0.1) is 0 Å². The Morgan fingerprint density at radius 2 is 1.20 bits per heavy atom. The second-order valence-electron chi connectivity index (χ2n) is 13.0. The van der Waals surface area contributed by atoms with Gasteiger partial charge in [-0.2, -0.15) is 0 Å². The van der Waals surface area contributed by atoms with Crippen LogP contribution in [0.2, 0.25) is 0 Å². The molecule has 0 spiro atoms. The van der Waals surface area contributed by atoms with E-state index in [0.29, 0.717) is 60.6 Å². The van der Waals surface area contributed by atoms with Gasteiger partial charge in [0.25, 0.3) is 11.8 Å². The predicted molar refractivity (Wildman–Crippen MR) is 201 cm³/mol. The molecule has 1 aliphatic rings. The van der Waals surface area contributed by atoms with E-state index >= 15 is 0 Å². The van der Waals surface area contributed by atoms with Gasteiger partial charge in [0.2, 0.25) is 11.8 Å². The number of carbonyl (C=O) groups excluding carboxylic acids is 4. The van der Waals surface area contributed by atoms with E-state index in [1.165, 1.54) is 24.3 Å². The number of aliphatic hydroxyl groups is 1. The number of unbranched alkanes of at least 4 members (excludes halogenated alkanes) is 4. The van der Waals surface area contributed by atoms with E-state index in [1.807, 2.05) is 6.92 Å². The lowest BCUT2D eigenvalue weighted by atomic mass is 9.99. The number of imide groups is 2. The van der Waals surface area contributed by atoms with Gasteiger partial charge < -0.3 is 31.7 Å². The van der Waals surface area contributed by atoms with Crippen LogP contribution in [0.5, 0.6) is 0 Å². The fourth-order valence-corrected chi connectivity index (χ4v) is 6.38. The number of nitrogens with zero attached hydrogens (tertiary/aromatic N) is 4. The number of benzene rings is 2.